The lowest BCUT2D eigenvalue weighted by Gasteiger charge is -2.47. The lowest BCUT2D eigenvalue weighted by molar-refractivity contribution is -0.130. The van der Waals surface area contributed by atoms with Crippen LogP contribution in [-0.4, -0.2) is 5.91 Å². The first-order valence-electron chi connectivity index (χ1n) is 9.31. The Kier molecular flexibility index (Phi) is 4.83. The molecule has 1 heterocycles. The standard InChI is InChI=1S/C24H23NO/c26-24-22(18-10-13-19-11-4-1-5-12-19)23(20-14-6-2-7-15-20)25(24)21-16-8-3-9-17-21/h1-9,11-12,14-17,22-23H,10,13,18H2/t22?,23-/m1/s1. The maximum absolute atomic E-state index is 12.9. The average molecular weight is 341 g/mol. The van der Waals surface area contributed by atoms with Crippen molar-refractivity contribution in [3.8, 4) is 0 Å². The molecule has 2 heteroatoms. The minimum Gasteiger partial charge on any atom is -0.304 e. The van der Waals surface area contributed by atoms with Crippen molar-refractivity contribution in [1.29, 1.82) is 0 Å². The Morgan fingerprint density at radius 1 is 0.731 bits per heavy atom. The second-order valence-electron chi connectivity index (χ2n) is 6.88. The first kappa shape index (κ1) is 16.6. The van der Waals surface area contributed by atoms with Crippen LogP contribution in [0.3, 0.4) is 0 Å². The van der Waals surface area contributed by atoms with Crippen molar-refractivity contribution in [2.24, 2.45) is 5.92 Å². The molecule has 0 aliphatic carbocycles. The highest BCUT2D eigenvalue weighted by Gasteiger charge is 2.47. The number of para-hydroxylation sites is 1. The van der Waals surface area contributed by atoms with Crippen molar-refractivity contribution in [2.45, 2.75) is 25.3 Å². The van der Waals surface area contributed by atoms with E-state index in [1.54, 1.807) is 0 Å². The van der Waals surface area contributed by atoms with Crippen LogP contribution in [0, 0.1) is 5.92 Å². The summed E-state index contributed by atoms with van der Waals surface area (Å²) in [5, 5.41) is 0. The summed E-state index contributed by atoms with van der Waals surface area (Å²) in [5.41, 5.74) is 3.56. The van der Waals surface area contributed by atoms with Gasteiger partial charge in [-0.1, -0.05) is 78.9 Å². The zero-order valence-electron chi connectivity index (χ0n) is 14.8. The van der Waals surface area contributed by atoms with E-state index in [1.807, 2.05) is 47.4 Å². The molecule has 0 radical (unpaired) electrons. The molecule has 1 aliphatic rings. The molecule has 1 saturated heterocycles. The summed E-state index contributed by atoms with van der Waals surface area (Å²) in [6, 6.07) is 31.1. The molecule has 1 amide bonds. The highest BCUT2D eigenvalue weighted by atomic mass is 16.2. The molecule has 2 atom stereocenters. The van der Waals surface area contributed by atoms with Crippen molar-refractivity contribution < 1.29 is 4.79 Å². The van der Waals surface area contributed by atoms with Crippen LogP contribution >= 0.6 is 0 Å². The number of amides is 1. The molecular formula is C24H23NO. The molecule has 0 spiro atoms. The predicted molar refractivity (Wildman–Crippen MR) is 106 cm³/mol. The Morgan fingerprint density at radius 2 is 1.31 bits per heavy atom. The third-order valence-corrected chi connectivity index (χ3v) is 5.21. The molecule has 4 rings (SSSR count). The molecule has 26 heavy (non-hydrogen) atoms. The lowest BCUT2D eigenvalue weighted by atomic mass is 9.78. The number of benzene rings is 3. The summed E-state index contributed by atoms with van der Waals surface area (Å²) in [4.78, 5) is 14.9. The number of anilines is 1. The minimum atomic E-state index is 0.0707. The van der Waals surface area contributed by atoms with Crippen LogP contribution in [0.15, 0.2) is 91.0 Å². The number of β-lactam (4-membered cyclic amide) rings is 1. The first-order chi connectivity index (χ1) is 12.8. The van der Waals surface area contributed by atoms with Crippen LogP contribution in [0.5, 0.6) is 0 Å². The number of aryl methyl sites for hydroxylation is 1. The SMILES string of the molecule is O=C1C(CCCc2ccccc2)[C@@H](c2ccccc2)N1c1ccccc1. The van der Waals surface area contributed by atoms with Crippen LogP contribution in [-0.2, 0) is 11.2 Å². The lowest BCUT2D eigenvalue weighted by Crippen LogP contribution is -2.55. The minimum absolute atomic E-state index is 0.0707. The summed E-state index contributed by atoms with van der Waals surface area (Å²) >= 11 is 0. The van der Waals surface area contributed by atoms with E-state index < -0.39 is 0 Å². The van der Waals surface area contributed by atoms with Gasteiger partial charge in [0.1, 0.15) is 0 Å². The van der Waals surface area contributed by atoms with Gasteiger partial charge in [-0.15, -0.1) is 0 Å². The smallest absolute Gasteiger partial charge is 0.233 e. The summed E-state index contributed by atoms with van der Waals surface area (Å²) < 4.78 is 0. The zero-order valence-corrected chi connectivity index (χ0v) is 14.8. The van der Waals surface area contributed by atoms with E-state index in [4.69, 9.17) is 0 Å². The Morgan fingerprint density at radius 3 is 1.96 bits per heavy atom. The molecular weight excluding hydrogens is 318 g/mol. The van der Waals surface area contributed by atoms with Gasteiger partial charge in [0.05, 0.1) is 12.0 Å². The highest BCUT2D eigenvalue weighted by Crippen LogP contribution is 2.45. The van der Waals surface area contributed by atoms with Gasteiger partial charge in [-0.25, -0.2) is 0 Å². The molecule has 0 saturated carbocycles. The van der Waals surface area contributed by atoms with Crippen molar-refractivity contribution in [1.82, 2.24) is 0 Å². The molecule has 1 fully saturated rings. The first-order valence-corrected chi connectivity index (χ1v) is 9.31. The molecule has 1 unspecified atom stereocenters. The highest BCUT2D eigenvalue weighted by molar-refractivity contribution is 6.03. The van der Waals surface area contributed by atoms with Crippen molar-refractivity contribution >= 4 is 11.6 Å². The molecule has 130 valence electrons. The number of hydrogen-bond acceptors (Lipinski definition) is 1. The fraction of sp³-hybridized carbons (Fsp3) is 0.208. The van der Waals surface area contributed by atoms with Gasteiger partial charge in [-0.2, -0.15) is 0 Å². The van der Waals surface area contributed by atoms with Gasteiger partial charge in [-0.05, 0) is 42.5 Å². The Labute approximate surface area is 155 Å². The summed E-state index contributed by atoms with van der Waals surface area (Å²) in [5.74, 6) is 0.319. The second kappa shape index (κ2) is 7.57. The maximum Gasteiger partial charge on any atom is 0.233 e. The Bertz CT molecular complexity index is 845. The van der Waals surface area contributed by atoms with E-state index in [0.29, 0.717) is 0 Å². The zero-order chi connectivity index (χ0) is 17.8. The van der Waals surface area contributed by atoms with E-state index >= 15 is 0 Å². The van der Waals surface area contributed by atoms with Crippen molar-refractivity contribution in [3.63, 3.8) is 0 Å². The monoisotopic (exact) mass is 341 g/mol. The summed E-state index contributed by atoms with van der Waals surface area (Å²) in [6.07, 6.45) is 2.99. The van der Waals surface area contributed by atoms with Gasteiger partial charge in [0, 0.05) is 5.69 Å². The van der Waals surface area contributed by atoms with Crippen molar-refractivity contribution in [3.05, 3.63) is 102 Å². The molecule has 3 aromatic carbocycles. The predicted octanol–water partition coefficient (Wildman–Crippen LogP) is 5.41. The molecule has 0 aromatic heterocycles. The van der Waals surface area contributed by atoms with Gasteiger partial charge in [-0.3, -0.25) is 4.79 Å². The third-order valence-electron chi connectivity index (χ3n) is 5.21. The van der Waals surface area contributed by atoms with E-state index in [9.17, 15) is 4.79 Å². The number of hydrogen-bond donors (Lipinski definition) is 0. The van der Waals surface area contributed by atoms with Gasteiger partial charge in [0.2, 0.25) is 5.91 Å². The van der Waals surface area contributed by atoms with E-state index in [0.717, 1.165) is 24.9 Å². The fourth-order valence-electron chi connectivity index (χ4n) is 3.91. The van der Waals surface area contributed by atoms with Crippen molar-refractivity contribution in [2.75, 3.05) is 4.90 Å². The quantitative estimate of drug-likeness (QED) is 0.549. The number of rotatable bonds is 6. The summed E-state index contributed by atoms with van der Waals surface area (Å²) in [7, 11) is 0. The van der Waals surface area contributed by atoms with Crippen LogP contribution in [0.2, 0.25) is 0 Å². The molecule has 0 bridgehead atoms. The average Bonchev–Trinajstić information content (AvgIpc) is 2.71. The van der Waals surface area contributed by atoms with E-state index in [1.165, 1.54) is 11.1 Å². The second-order valence-corrected chi connectivity index (χ2v) is 6.88. The molecule has 0 N–H and O–H groups in total. The van der Waals surface area contributed by atoms with E-state index in [2.05, 4.69) is 48.5 Å². The van der Waals surface area contributed by atoms with Crippen LogP contribution < -0.4 is 4.90 Å². The summed E-state index contributed by atoms with van der Waals surface area (Å²) in [6.45, 7) is 0. The normalized spacial score (nSPS) is 19.2. The maximum atomic E-state index is 12.9. The van der Waals surface area contributed by atoms with Crippen LogP contribution in [0.25, 0.3) is 0 Å². The van der Waals surface area contributed by atoms with Gasteiger partial charge < -0.3 is 4.90 Å². The largest absolute Gasteiger partial charge is 0.304 e. The van der Waals surface area contributed by atoms with Crippen LogP contribution in [0.4, 0.5) is 5.69 Å². The van der Waals surface area contributed by atoms with E-state index in [-0.39, 0.29) is 17.9 Å². The van der Waals surface area contributed by atoms with Gasteiger partial charge in [0.15, 0.2) is 0 Å². The Balaban J connectivity index is 1.51. The van der Waals surface area contributed by atoms with Gasteiger partial charge in [0.25, 0.3) is 0 Å². The fourth-order valence-corrected chi connectivity index (χ4v) is 3.91. The van der Waals surface area contributed by atoms with Gasteiger partial charge >= 0.3 is 0 Å². The number of carbonyl (C=O) groups excluding carboxylic acids is 1. The van der Waals surface area contributed by atoms with Crippen LogP contribution in [0.1, 0.15) is 30.0 Å². The number of carbonyl (C=O) groups is 1. The Hall–Kier alpha value is -2.87. The molecule has 1 aliphatic heterocycles. The number of nitrogens with zero attached hydrogens (tertiary/aromatic N) is 1. The molecule has 3 aromatic rings. The third kappa shape index (κ3) is 3.28. The molecule has 2 nitrogen and oxygen atoms in total. The topological polar surface area (TPSA) is 20.3 Å².